The lowest BCUT2D eigenvalue weighted by Crippen LogP contribution is -2.52. The maximum atomic E-state index is 13.2. The number of nitrogens with zero attached hydrogens (tertiary/aromatic N) is 1. The van der Waals surface area contributed by atoms with Crippen molar-refractivity contribution in [1.29, 1.82) is 0 Å². The number of rotatable bonds is 10. The summed E-state index contributed by atoms with van der Waals surface area (Å²) >= 11 is 0. The van der Waals surface area contributed by atoms with Gasteiger partial charge in [0.05, 0.1) is 7.11 Å². The van der Waals surface area contributed by atoms with Gasteiger partial charge in [-0.05, 0) is 37.0 Å². The van der Waals surface area contributed by atoms with Gasteiger partial charge in [0.25, 0.3) is 5.91 Å². The normalized spacial score (nSPS) is 14.6. The Labute approximate surface area is 184 Å². The van der Waals surface area contributed by atoms with Crippen LogP contribution in [0.25, 0.3) is 0 Å². The smallest absolute Gasteiger partial charge is 0.261 e. The van der Waals surface area contributed by atoms with Gasteiger partial charge in [0.2, 0.25) is 5.91 Å². The van der Waals surface area contributed by atoms with Gasteiger partial charge >= 0.3 is 0 Å². The van der Waals surface area contributed by atoms with Gasteiger partial charge in [0.15, 0.2) is 18.1 Å². The highest BCUT2D eigenvalue weighted by Crippen LogP contribution is 2.26. The predicted octanol–water partition coefficient (Wildman–Crippen LogP) is 3.94. The lowest BCUT2D eigenvalue weighted by atomic mass is 10.1. The maximum Gasteiger partial charge on any atom is 0.261 e. The quantitative estimate of drug-likeness (QED) is 0.627. The van der Waals surface area contributed by atoms with Crippen LogP contribution in [0.15, 0.2) is 54.6 Å². The molecule has 1 N–H and O–H groups in total. The van der Waals surface area contributed by atoms with Crippen LogP contribution >= 0.6 is 0 Å². The fourth-order valence-corrected chi connectivity index (χ4v) is 4.03. The van der Waals surface area contributed by atoms with Crippen LogP contribution in [-0.4, -0.2) is 42.5 Å². The standard InChI is InChI=1S/C25H32N2O4/c1-3-21(25(29)26-20-13-7-8-14-20)27(17-19-11-5-4-6-12-19)24(28)18-31-23-16-10-9-15-22(23)30-2/h4-6,9-12,15-16,20-21H,3,7-8,13-14,17-18H2,1-2H3,(H,26,29)/t21-/m0/s1. The number of nitrogens with one attached hydrogen (secondary N) is 1. The zero-order chi connectivity index (χ0) is 22.1. The van der Waals surface area contributed by atoms with Crippen LogP contribution < -0.4 is 14.8 Å². The Morgan fingerprint density at radius 1 is 1.03 bits per heavy atom. The van der Waals surface area contributed by atoms with Crippen LogP contribution in [0.3, 0.4) is 0 Å². The summed E-state index contributed by atoms with van der Waals surface area (Å²) < 4.78 is 11.1. The van der Waals surface area contributed by atoms with Crippen molar-refractivity contribution in [2.24, 2.45) is 0 Å². The maximum absolute atomic E-state index is 13.2. The Hall–Kier alpha value is -3.02. The first-order chi connectivity index (χ1) is 15.1. The summed E-state index contributed by atoms with van der Waals surface area (Å²) in [6, 6.07) is 16.6. The number of methoxy groups -OCH3 is 1. The molecule has 1 fully saturated rings. The lowest BCUT2D eigenvalue weighted by Gasteiger charge is -2.31. The molecule has 31 heavy (non-hydrogen) atoms. The number of hydrogen-bond donors (Lipinski definition) is 1. The number of carbonyl (C=O) groups excluding carboxylic acids is 2. The first kappa shape index (κ1) is 22.7. The lowest BCUT2D eigenvalue weighted by molar-refractivity contribution is -0.143. The topological polar surface area (TPSA) is 67.9 Å². The Morgan fingerprint density at radius 2 is 1.68 bits per heavy atom. The summed E-state index contributed by atoms with van der Waals surface area (Å²) in [6.07, 6.45) is 4.82. The average molecular weight is 425 g/mol. The molecular weight excluding hydrogens is 392 g/mol. The second-order valence-corrected chi connectivity index (χ2v) is 7.86. The highest BCUT2D eigenvalue weighted by molar-refractivity contribution is 5.88. The highest BCUT2D eigenvalue weighted by Gasteiger charge is 2.30. The summed E-state index contributed by atoms with van der Waals surface area (Å²) in [4.78, 5) is 28.0. The summed E-state index contributed by atoms with van der Waals surface area (Å²) in [5, 5.41) is 3.15. The first-order valence-corrected chi connectivity index (χ1v) is 11.0. The zero-order valence-corrected chi connectivity index (χ0v) is 18.4. The largest absolute Gasteiger partial charge is 0.493 e. The molecule has 3 rings (SSSR count). The van der Waals surface area contributed by atoms with Crippen LogP contribution in [0.5, 0.6) is 11.5 Å². The van der Waals surface area contributed by atoms with Crippen molar-refractivity contribution in [3.63, 3.8) is 0 Å². The molecule has 1 saturated carbocycles. The van der Waals surface area contributed by atoms with Crippen LogP contribution in [0.2, 0.25) is 0 Å². The van der Waals surface area contributed by atoms with Gasteiger partial charge in [0.1, 0.15) is 6.04 Å². The van der Waals surface area contributed by atoms with E-state index in [1.54, 1.807) is 24.1 Å². The van der Waals surface area contributed by atoms with Gasteiger partial charge in [-0.25, -0.2) is 0 Å². The Kier molecular flexibility index (Phi) is 8.33. The van der Waals surface area contributed by atoms with E-state index in [0.29, 0.717) is 24.5 Å². The molecule has 0 saturated heterocycles. The van der Waals surface area contributed by atoms with E-state index in [9.17, 15) is 9.59 Å². The van der Waals surface area contributed by atoms with E-state index in [1.807, 2.05) is 49.4 Å². The van der Waals surface area contributed by atoms with Gasteiger partial charge < -0.3 is 19.7 Å². The van der Waals surface area contributed by atoms with Gasteiger partial charge in [-0.3, -0.25) is 9.59 Å². The molecule has 0 bridgehead atoms. The first-order valence-electron chi connectivity index (χ1n) is 11.0. The van der Waals surface area contributed by atoms with Crippen LogP contribution in [0.4, 0.5) is 0 Å². The molecule has 6 nitrogen and oxygen atoms in total. The van der Waals surface area contributed by atoms with Crippen LogP contribution in [0.1, 0.15) is 44.6 Å². The molecule has 1 atom stereocenters. The van der Waals surface area contributed by atoms with Crippen molar-refractivity contribution in [1.82, 2.24) is 10.2 Å². The second kappa shape index (κ2) is 11.4. The second-order valence-electron chi connectivity index (χ2n) is 7.86. The molecule has 0 unspecified atom stereocenters. The van der Waals surface area contributed by atoms with Crippen LogP contribution in [0, 0.1) is 0 Å². The summed E-state index contributed by atoms with van der Waals surface area (Å²) in [5.74, 6) is 0.747. The predicted molar refractivity (Wildman–Crippen MR) is 120 cm³/mol. The third-order valence-corrected chi connectivity index (χ3v) is 5.70. The van der Waals surface area contributed by atoms with Gasteiger partial charge in [-0.1, -0.05) is 62.2 Å². The van der Waals surface area contributed by atoms with E-state index in [0.717, 1.165) is 31.2 Å². The number of ether oxygens (including phenoxy) is 2. The molecule has 1 aliphatic rings. The van der Waals surface area contributed by atoms with E-state index in [-0.39, 0.29) is 24.5 Å². The van der Waals surface area contributed by atoms with E-state index in [4.69, 9.17) is 9.47 Å². The molecule has 6 heteroatoms. The minimum absolute atomic E-state index is 0.0871. The van der Waals surface area contributed by atoms with Crippen molar-refractivity contribution in [3.05, 3.63) is 60.2 Å². The molecule has 0 spiro atoms. The van der Waals surface area contributed by atoms with Gasteiger partial charge in [-0.2, -0.15) is 0 Å². The minimum atomic E-state index is -0.547. The molecule has 0 heterocycles. The Morgan fingerprint density at radius 3 is 2.32 bits per heavy atom. The van der Waals surface area contributed by atoms with E-state index in [2.05, 4.69) is 5.32 Å². The van der Waals surface area contributed by atoms with Crippen molar-refractivity contribution in [2.45, 2.75) is 57.7 Å². The third kappa shape index (κ3) is 6.23. The van der Waals surface area contributed by atoms with E-state index >= 15 is 0 Å². The average Bonchev–Trinajstić information content (AvgIpc) is 3.31. The van der Waals surface area contributed by atoms with Crippen LogP contribution in [-0.2, 0) is 16.1 Å². The Balaban J connectivity index is 1.75. The molecule has 166 valence electrons. The third-order valence-electron chi connectivity index (χ3n) is 5.70. The summed E-state index contributed by atoms with van der Waals surface area (Å²) in [6.45, 7) is 2.12. The summed E-state index contributed by atoms with van der Waals surface area (Å²) in [5.41, 5.74) is 0.972. The molecule has 0 radical (unpaired) electrons. The minimum Gasteiger partial charge on any atom is -0.493 e. The van der Waals surface area contributed by atoms with Crippen molar-refractivity contribution < 1.29 is 19.1 Å². The van der Waals surface area contributed by atoms with Crippen molar-refractivity contribution >= 4 is 11.8 Å². The van der Waals surface area contributed by atoms with E-state index < -0.39 is 6.04 Å². The van der Waals surface area contributed by atoms with Crippen molar-refractivity contribution in [3.8, 4) is 11.5 Å². The number of amides is 2. The zero-order valence-electron chi connectivity index (χ0n) is 18.4. The molecule has 2 aromatic rings. The molecule has 2 amide bonds. The Bertz CT molecular complexity index is 850. The number of para-hydroxylation sites is 2. The molecular formula is C25H32N2O4. The molecule has 2 aromatic carbocycles. The monoisotopic (exact) mass is 424 g/mol. The summed E-state index contributed by atoms with van der Waals surface area (Å²) in [7, 11) is 1.56. The molecule has 1 aliphatic carbocycles. The molecule has 0 aromatic heterocycles. The highest BCUT2D eigenvalue weighted by atomic mass is 16.5. The van der Waals surface area contributed by atoms with Gasteiger partial charge in [-0.15, -0.1) is 0 Å². The number of benzene rings is 2. The van der Waals surface area contributed by atoms with E-state index in [1.165, 1.54) is 0 Å². The number of carbonyl (C=O) groups is 2. The van der Waals surface area contributed by atoms with Crippen molar-refractivity contribution in [2.75, 3.05) is 13.7 Å². The SMILES string of the molecule is CC[C@@H](C(=O)NC1CCCC1)N(Cc1ccccc1)C(=O)COc1ccccc1OC. The fraction of sp³-hybridized carbons (Fsp3) is 0.440. The number of hydrogen-bond acceptors (Lipinski definition) is 4. The fourth-order valence-electron chi connectivity index (χ4n) is 4.03. The molecule has 0 aliphatic heterocycles. The van der Waals surface area contributed by atoms with Gasteiger partial charge in [0, 0.05) is 12.6 Å².